The van der Waals surface area contributed by atoms with Gasteiger partial charge in [-0.2, -0.15) is 0 Å². The molecule has 24 heavy (non-hydrogen) atoms. The molecule has 2 saturated heterocycles. The van der Waals surface area contributed by atoms with Crippen molar-refractivity contribution in [2.45, 2.75) is 25.8 Å². The number of amides is 2. The number of hydrogen-bond donors (Lipinski definition) is 0. The molecule has 0 saturated carbocycles. The zero-order valence-corrected chi connectivity index (χ0v) is 14.9. The van der Waals surface area contributed by atoms with E-state index in [-0.39, 0.29) is 23.8 Å². The summed E-state index contributed by atoms with van der Waals surface area (Å²) >= 11 is 0. The van der Waals surface area contributed by atoms with E-state index in [9.17, 15) is 9.59 Å². The lowest BCUT2D eigenvalue weighted by molar-refractivity contribution is -0.147. The van der Waals surface area contributed by atoms with Crippen molar-refractivity contribution in [3.63, 3.8) is 0 Å². The monoisotopic (exact) mass is 329 g/mol. The highest BCUT2D eigenvalue weighted by Gasteiger charge is 2.40. The summed E-state index contributed by atoms with van der Waals surface area (Å²) in [6.07, 6.45) is 1.11. The first kappa shape index (κ1) is 17.0. The molecule has 2 atom stereocenters. The number of piperazine rings is 1. The summed E-state index contributed by atoms with van der Waals surface area (Å²) in [6.45, 7) is 5.45. The van der Waals surface area contributed by atoms with Gasteiger partial charge in [-0.1, -0.05) is 29.8 Å². The Balaban J connectivity index is 1.84. The van der Waals surface area contributed by atoms with Crippen molar-refractivity contribution in [1.82, 2.24) is 14.7 Å². The fourth-order valence-corrected chi connectivity index (χ4v) is 3.78. The van der Waals surface area contributed by atoms with Gasteiger partial charge in [-0.05, 0) is 26.0 Å². The first-order chi connectivity index (χ1) is 11.5. The van der Waals surface area contributed by atoms with Crippen LogP contribution in [0, 0.1) is 12.8 Å². The molecule has 0 N–H and O–H groups in total. The van der Waals surface area contributed by atoms with E-state index >= 15 is 0 Å². The lowest BCUT2D eigenvalue weighted by atomic mass is 9.83. The van der Waals surface area contributed by atoms with Crippen LogP contribution in [-0.4, -0.2) is 66.8 Å². The number of hydrogen-bond acceptors (Lipinski definition) is 3. The smallest absolute Gasteiger partial charge is 0.228 e. The number of nitrogens with zero attached hydrogens (tertiary/aromatic N) is 3. The number of aryl methyl sites for hydroxylation is 1. The summed E-state index contributed by atoms with van der Waals surface area (Å²) in [5.74, 6) is 0.190. The molecule has 2 amide bonds. The third-order valence-corrected chi connectivity index (χ3v) is 5.41. The van der Waals surface area contributed by atoms with Gasteiger partial charge in [0.15, 0.2) is 0 Å². The van der Waals surface area contributed by atoms with E-state index in [0.717, 1.165) is 31.7 Å². The number of benzene rings is 1. The lowest BCUT2D eigenvalue weighted by Crippen LogP contribution is -2.52. The molecule has 2 fully saturated rings. The van der Waals surface area contributed by atoms with Gasteiger partial charge in [0.05, 0.1) is 12.0 Å². The zero-order valence-electron chi connectivity index (χ0n) is 14.9. The van der Waals surface area contributed by atoms with Gasteiger partial charge < -0.3 is 14.7 Å². The Kier molecular flexibility index (Phi) is 4.90. The van der Waals surface area contributed by atoms with Gasteiger partial charge in [0, 0.05) is 39.6 Å². The van der Waals surface area contributed by atoms with Gasteiger partial charge in [-0.25, -0.2) is 0 Å². The Bertz CT molecular complexity index is 606. The Morgan fingerprint density at radius 2 is 1.67 bits per heavy atom. The minimum absolute atomic E-state index is 0.128. The quantitative estimate of drug-likeness (QED) is 0.829. The van der Waals surface area contributed by atoms with Crippen LogP contribution in [0.1, 0.15) is 30.0 Å². The number of carbonyl (C=O) groups excluding carboxylic acids is 2. The first-order valence-corrected chi connectivity index (χ1v) is 8.77. The molecule has 0 radical (unpaired) electrons. The lowest BCUT2D eigenvalue weighted by Gasteiger charge is -2.42. The van der Waals surface area contributed by atoms with Crippen molar-refractivity contribution < 1.29 is 9.59 Å². The summed E-state index contributed by atoms with van der Waals surface area (Å²) < 4.78 is 0. The number of rotatable bonds is 2. The first-order valence-electron chi connectivity index (χ1n) is 8.77. The summed E-state index contributed by atoms with van der Waals surface area (Å²) in [5.41, 5.74) is 2.24. The van der Waals surface area contributed by atoms with Crippen LogP contribution < -0.4 is 0 Å². The van der Waals surface area contributed by atoms with Gasteiger partial charge in [0.1, 0.15) is 0 Å². The number of carbonyl (C=O) groups is 2. The number of piperidine rings is 1. The van der Waals surface area contributed by atoms with E-state index in [1.807, 2.05) is 18.9 Å². The standard InChI is InChI=1S/C19H27N3O2/c1-14-4-6-15(7-5-14)18-16(8-9-17(23)21(18)3)19(24)22-12-10-20(2)11-13-22/h4-7,16,18H,8-13H2,1-3H3/t16-,18+/m1/s1. The van der Waals surface area contributed by atoms with E-state index in [0.29, 0.717) is 12.8 Å². The maximum absolute atomic E-state index is 13.1. The third kappa shape index (κ3) is 3.31. The largest absolute Gasteiger partial charge is 0.340 e. The summed E-state index contributed by atoms with van der Waals surface area (Å²) in [7, 11) is 3.92. The van der Waals surface area contributed by atoms with Gasteiger partial charge in [-0.15, -0.1) is 0 Å². The van der Waals surface area contributed by atoms with E-state index in [4.69, 9.17) is 0 Å². The topological polar surface area (TPSA) is 43.9 Å². The molecule has 1 aromatic carbocycles. The molecule has 2 heterocycles. The molecule has 0 aromatic heterocycles. The fraction of sp³-hybridized carbons (Fsp3) is 0.579. The third-order valence-electron chi connectivity index (χ3n) is 5.41. The average molecular weight is 329 g/mol. The molecule has 5 nitrogen and oxygen atoms in total. The second-order valence-electron chi connectivity index (χ2n) is 7.13. The Morgan fingerprint density at radius 3 is 2.29 bits per heavy atom. The fourth-order valence-electron chi connectivity index (χ4n) is 3.78. The zero-order chi connectivity index (χ0) is 17.3. The maximum atomic E-state index is 13.1. The van der Waals surface area contributed by atoms with Crippen LogP contribution >= 0.6 is 0 Å². The molecule has 0 aliphatic carbocycles. The Labute approximate surface area is 144 Å². The van der Waals surface area contributed by atoms with Crippen LogP contribution in [-0.2, 0) is 9.59 Å². The van der Waals surface area contributed by atoms with Crippen molar-refractivity contribution in [2.24, 2.45) is 5.92 Å². The SMILES string of the molecule is Cc1ccc([C@H]2[C@H](C(=O)N3CCN(C)CC3)CCC(=O)N2C)cc1. The van der Waals surface area contributed by atoms with Gasteiger partial charge in [-0.3, -0.25) is 9.59 Å². The van der Waals surface area contributed by atoms with Crippen LogP contribution in [0.15, 0.2) is 24.3 Å². The van der Waals surface area contributed by atoms with Crippen molar-refractivity contribution in [1.29, 1.82) is 0 Å². The van der Waals surface area contributed by atoms with Crippen molar-refractivity contribution in [2.75, 3.05) is 40.3 Å². The summed E-state index contributed by atoms with van der Waals surface area (Å²) in [5, 5.41) is 0. The number of likely N-dealkylation sites (tertiary alicyclic amines) is 1. The predicted octanol–water partition coefficient (Wildman–Crippen LogP) is 1.68. The molecule has 3 rings (SSSR count). The molecule has 2 aliphatic rings. The molecule has 2 aliphatic heterocycles. The molecule has 5 heteroatoms. The Morgan fingerprint density at radius 1 is 1.04 bits per heavy atom. The molecular formula is C19H27N3O2. The van der Waals surface area contributed by atoms with Crippen LogP contribution in [0.25, 0.3) is 0 Å². The van der Waals surface area contributed by atoms with Crippen molar-refractivity contribution >= 4 is 11.8 Å². The summed E-state index contributed by atoms with van der Waals surface area (Å²) in [4.78, 5) is 31.4. The maximum Gasteiger partial charge on any atom is 0.228 e. The second kappa shape index (κ2) is 6.93. The molecule has 130 valence electrons. The molecular weight excluding hydrogens is 302 g/mol. The molecule has 1 aromatic rings. The van der Waals surface area contributed by atoms with Crippen LogP contribution in [0.5, 0.6) is 0 Å². The van der Waals surface area contributed by atoms with Crippen LogP contribution in [0.3, 0.4) is 0 Å². The highest BCUT2D eigenvalue weighted by molar-refractivity contribution is 5.85. The van der Waals surface area contributed by atoms with Crippen LogP contribution in [0.2, 0.25) is 0 Å². The van der Waals surface area contributed by atoms with Gasteiger partial charge in [0.25, 0.3) is 0 Å². The second-order valence-corrected chi connectivity index (χ2v) is 7.13. The highest BCUT2D eigenvalue weighted by Crippen LogP contribution is 2.37. The van der Waals surface area contributed by atoms with Crippen molar-refractivity contribution in [3.8, 4) is 0 Å². The van der Waals surface area contributed by atoms with Crippen molar-refractivity contribution in [3.05, 3.63) is 35.4 Å². The van der Waals surface area contributed by atoms with E-state index in [1.165, 1.54) is 5.56 Å². The van der Waals surface area contributed by atoms with E-state index in [2.05, 4.69) is 36.2 Å². The van der Waals surface area contributed by atoms with Crippen LogP contribution in [0.4, 0.5) is 0 Å². The predicted molar refractivity (Wildman–Crippen MR) is 93.5 cm³/mol. The van der Waals surface area contributed by atoms with Gasteiger partial charge >= 0.3 is 0 Å². The van der Waals surface area contributed by atoms with Gasteiger partial charge in [0.2, 0.25) is 11.8 Å². The summed E-state index contributed by atoms with van der Waals surface area (Å²) in [6, 6.07) is 8.07. The minimum atomic E-state index is -0.154. The Hall–Kier alpha value is -1.88. The van der Waals surface area contributed by atoms with E-state index < -0.39 is 0 Å². The molecule has 0 spiro atoms. The highest BCUT2D eigenvalue weighted by atomic mass is 16.2. The molecule has 0 unspecified atom stereocenters. The molecule has 0 bridgehead atoms. The van der Waals surface area contributed by atoms with E-state index in [1.54, 1.807) is 4.90 Å². The minimum Gasteiger partial charge on any atom is -0.340 e. The number of likely N-dealkylation sites (N-methyl/N-ethyl adjacent to an activating group) is 1. The normalized spacial score (nSPS) is 25.9. The average Bonchev–Trinajstić information content (AvgIpc) is 2.58.